The zero-order chi connectivity index (χ0) is 16.8. The van der Waals surface area contributed by atoms with Gasteiger partial charge in [0, 0.05) is 38.9 Å². The molecule has 0 aliphatic carbocycles. The van der Waals surface area contributed by atoms with E-state index >= 15 is 0 Å². The summed E-state index contributed by atoms with van der Waals surface area (Å²) in [7, 11) is 0. The van der Waals surface area contributed by atoms with E-state index in [0.717, 1.165) is 31.7 Å². The van der Waals surface area contributed by atoms with E-state index in [9.17, 15) is 9.90 Å². The number of hydrogen-bond acceptors (Lipinski definition) is 7. The van der Waals surface area contributed by atoms with E-state index in [1.165, 1.54) is 6.33 Å². The lowest BCUT2D eigenvalue weighted by molar-refractivity contribution is -0.144. The van der Waals surface area contributed by atoms with Gasteiger partial charge in [0.2, 0.25) is 0 Å². The van der Waals surface area contributed by atoms with Crippen molar-refractivity contribution in [2.24, 2.45) is 11.8 Å². The fourth-order valence-corrected chi connectivity index (χ4v) is 3.20. The fraction of sp³-hybridized carbons (Fsp3) is 0.688. The molecule has 1 aromatic rings. The summed E-state index contributed by atoms with van der Waals surface area (Å²) in [5.74, 6) is 0.440. The van der Waals surface area contributed by atoms with E-state index in [2.05, 4.69) is 20.2 Å². The molecule has 1 atom stereocenters. The summed E-state index contributed by atoms with van der Waals surface area (Å²) in [5.41, 5.74) is 0. The van der Waals surface area contributed by atoms with Crippen LogP contribution in [-0.2, 0) is 14.3 Å². The topological polar surface area (TPSA) is 96.8 Å². The Balaban J connectivity index is 1.60. The maximum Gasteiger partial charge on any atom is 0.308 e. The summed E-state index contributed by atoms with van der Waals surface area (Å²) in [4.78, 5) is 22.3. The number of carboxylic acid groups (broad SMARTS) is 1. The molecule has 0 saturated carbocycles. The van der Waals surface area contributed by atoms with E-state index in [1.807, 2.05) is 6.07 Å². The van der Waals surface area contributed by atoms with Crippen molar-refractivity contribution in [3.05, 3.63) is 12.4 Å². The van der Waals surface area contributed by atoms with E-state index in [-0.39, 0.29) is 5.92 Å². The van der Waals surface area contributed by atoms with Crippen LogP contribution in [0.25, 0.3) is 0 Å². The summed E-state index contributed by atoms with van der Waals surface area (Å²) >= 11 is 0. The van der Waals surface area contributed by atoms with Gasteiger partial charge >= 0.3 is 5.97 Å². The number of nitrogens with zero attached hydrogens (tertiary/aromatic N) is 3. The number of aliphatic carboxylic acids is 1. The second kappa shape index (κ2) is 8.25. The standard InChI is InChI=1S/C16H24N4O4/c21-16(22)13(12-1-5-23-6-2-12)10-17-14-9-15(19-11-18-14)20-3-7-24-8-4-20/h9,11-13H,1-8,10H2,(H,21,22)(H,17,18,19). The van der Waals surface area contributed by atoms with Crippen LogP contribution in [0, 0.1) is 11.8 Å². The minimum Gasteiger partial charge on any atom is -0.481 e. The van der Waals surface area contributed by atoms with Crippen molar-refractivity contribution in [1.82, 2.24) is 9.97 Å². The molecule has 2 aliphatic heterocycles. The van der Waals surface area contributed by atoms with Crippen molar-refractivity contribution in [3.8, 4) is 0 Å². The highest BCUT2D eigenvalue weighted by molar-refractivity contribution is 5.71. The largest absolute Gasteiger partial charge is 0.481 e. The summed E-state index contributed by atoms with van der Waals surface area (Å²) < 4.78 is 10.7. The molecule has 0 spiro atoms. The smallest absolute Gasteiger partial charge is 0.308 e. The van der Waals surface area contributed by atoms with E-state index in [4.69, 9.17) is 9.47 Å². The Morgan fingerprint density at radius 2 is 1.96 bits per heavy atom. The van der Waals surface area contributed by atoms with Crippen molar-refractivity contribution in [2.45, 2.75) is 12.8 Å². The van der Waals surface area contributed by atoms with Crippen molar-refractivity contribution in [3.63, 3.8) is 0 Å². The molecule has 0 bridgehead atoms. The Hall–Kier alpha value is -1.93. The average molecular weight is 336 g/mol. The van der Waals surface area contributed by atoms with Crippen molar-refractivity contribution in [2.75, 3.05) is 56.3 Å². The maximum absolute atomic E-state index is 11.6. The number of anilines is 2. The molecule has 3 heterocycles. The third-order valence-electron chi connectivity index (χ3n) is 4.64. The lowest BCUT2D eigenvalue weighted by Crippen LogP contribution is -2.37. The van der Waals surface area contributed by atoms with Crippen LogP contribution < -0.4 is 10.2 Å². The zero-order valence-corrected chi connectivity index (χ0v) is 13.7. The van der Waals surface area contributed by atoms with Gasteiger partial charge < -0.3 is 24.8 Å². The first-order chi connectivity index (χ1) is 11.7. The summed E-state index contributed by atoms with van der Waals surface area (Å²) in [6.45, 7) is 4.63. The summed E-state index contributed by atoms with van der Waals surface area (Å²) in [6, 6.07) is 1.87. The fourth-order valence-electron chi connectivity index (χ4n) is 3.20. The van der Waals surface area contributed by atoms with Gasteiger partial charge in [0.25, 0.3) is 0 Å². The molecule has 2 aliphatic rings. The number of ether oxygens (including phenoxy) is 2. The molecule has 1 unspecified atom stereocenters. The van der Waals surface area contributed by atoms with Gasteiger partial charge in [0.1, 0.15) is 18.0 Å². The van der Waals surface area contributed by atoms with Crippen LogP contribution in [0.4, 0.5) is 11.6 Å². The van der Waals surface area contributed by atoms with Gasteiger partial charge in [-0.05, 0) is 18.8 Å². The molecule has 8 heteroatoms. The first-order valence-electron chi connectivity index (χ1n) is 8.43. The molecule has 2 saturated heterocycles. The Labute approximate surface area is 141 Å². The first-order valence-corrected chi connectivity index (χ1v) is 8.43. The molecule has 2 N–H and O–H groups in total. The molecule has 0 radical (unpaired) electrons. The molecule has 8 nitrogen and oxygen atoms in total. The minimum atomic E-state index is -0.767. The van der Waals surface area contributed by atoms with Crippen LogP contribution in [0.1, 0.15) is 12.8 Å². The van der Waals surface area contributed by atoms with E-state index < -0.39 is 11.9 Å². The molecule has 132 valence electrons. The Morgan fingerprint density at radius 1 is 1.25 bits per heavy atom. The van der Waals surface area contributed by atoms with Crippen LogP contribution in [-0.4, -0.2) is 67.1 Å². The Bertz CT molecular complexity index is 545. The summed E-state index contributed by atoms with van der Waals surface area (Å²) in [5, 5.41) is 12.7. The number of carboxylic acids is 1. The van der Waals surface area contributed by atoms with Crippen LogP contribution in [0.3, 0.4) is 0 Å². The second-order valence-corrected chi connectivity index (χ2v) is 6.14. The highest BCUT2D eigenvalue weighted by Gasteiger charge is 2.29. The van der Waals surface area contributed by atoms with Crippen LogP contribution in [0.2, 0.25) is 0 Å². The quantitative estimate of drug-likeness (QED) is 0.789. The lowest BCUT2D eigenvalue weighted by atomic mass is 9.86. The van der Waals surface area contributed by atoms with Gasteiger partial charge in [-0.1, -0.05) is 0 Å². The normalized spacial score (nSPS) is 20.6. The van der Waals surface area contributed by atoms with Gasteiger partial charge in [0.05, 0.1) is 19.1 Å². The van der Waals surface area contributed by atoms with Crippen molar-refractivity contribution < 1.29 is 19.4 Å². The van der Waals surface area contributed by atoms with Gasteiger partial charge in [-0.2, -0.15) is 0 Å². The molecule has 3 rings (SSSR count). The number of hydrogen-bond donors (Lipinski definition) is 2. The Morgan fingerprint density at radius 3 is 2.67 bits per heavy atom. The molecular weight excluding hydrogens is 312 g/mol. The van der Waals surface area contributed by atoms with Gasteiger partial charge in [-0.15, -0.1) is 0 Å². The van der Waals surface area contributed by atoms with Gasteiger partial charge in [-0.3, -0.25) is 4.79 Å². The maximum atomic E-state index is 11.6. The number of carbonyl (C=O) groups is 1. The first kappa shape index (κ1) is 16.9. The van der Waals surface area contributed by atoms with E-state index in [0.29, 0.717) is 38.8 Å². The predicted octanol–water partition coefficient (Wildman–Crippen LogP) is 0.853. The van der Waals surface area contributed by atoms with Crippen LogP contribution >= 0.6 is 0 Å². The predicted molar refractivity (Wildman–Crippen MR) is 88.2 cm³/mol. The number of aromatic nitrogens is 2. The molecule has 2 fully saturated rings. The number of morpholine rings is 1. The third-order valence-corrected chi connectivity index (χ3v) is 4.64. The molecule has 0 amide bonds. The minimum absolute atomic E-state index is 0.143. The molecule has 1 aromatic heterocycles. The van der Waals surface area contributed by atoms with Crippen LogP contribution in [0.15, 0.2) is 12.4 Å². The number of rotatable bonds is 6. The monoisotopic (exact) mass is 336 g/mol. The Kier molecular flexibility index (Phi) is 5.81. The van der Waals surface area contributed by atoms with Gasteiger partial charge in [-0.25, -0.2) is 9.97 Å². The molecular formula is C16H24N4O4. The van der Waals surface area contributed by atoms with Crippen molar-refractivity contribution >= 4 is 17.6 Å². The average Bonchev–Trinajstić information content (AvgIpc) is 2.63. The van der Waals surface area contributed by atoms with Crippen LogP contribution in [0.5, 0.6) is 0 Å². The lowest BCUT2D eigenvalue weighted by Gasteiger charge is -2.29. The molecule has 0 aromatic carbocycles. The van der Waals surface area contributed by atoms with Gasteiger partial charge in [0.15, 0.2) is 0 Å². The SMILES string of the molecule is O=C(O)C(CNc1cc(N2CCOCC2)ncn1)C1CCOCC1. The second-order valence-electron chi connectivity index (χ2n) is 6.14. The highest BCUT2D eigenvalue weighted by atomic mass is 16.5. The van der Waals surface area contributed by atoms with E-state index in [1.54, 1.807) is 0 Å². The zero-order valence-electron chi connectivity index (χ0n) is 13.7. The summed E-state index contributed by atoms with van der Waals surface area (Å²) in [6.07, 6.45) is 3.10. The highest BCUT2D eigenvalue weighted by Crippen LogP contribution is 2.25. The van der Waals surface area contributed by atoms with Crippen molar-refractivity contribution in [1.29, 1.82) is 0 Å². The number of nitrogens with one attached hydrogen (secondary N) is 1. The molecule has 24 heavy (non-hydrogen) atoms. The third kappa shape index (κ3) is 4.33.